The van der Waals surface area contributed by atoms with Crippen LogP contribution in [-0.2, 0) is 20.2 Å². The van der Waals surface area contributed by atoms with Crippen LogP contribution in [0, 0.1) is 0 Å². The summed E-state index contributed by atoms with van der Waals surface area (Å²) in [4.78, 5) is 0. The van der Waals surface area contributed by atoms with Crippen molar-refractivity contribution < 1.29 is 18.1 Å². The van der Waals surface area contributed by atoms with Gasteiger partial charge in [0.05, 0.1) is 6.61 Å². The van der Waals surface area contributed by atoms with Crippen molar-refractivity contribution in [2.45, 2.75) is 6.61 Å². The van der Waals surface area contributed by atoms with E-state index in [1.165, 1.54) is 7.11 Å². The zero-order chi connectivity index (χ0) is 9.31. The highest BCUT2D eigenvalue weighted by Crippen LogP contribution is 2.53. The van der Waals surface area contributed by atoms with Gasteiger partial charge >= 0.3 is 7.82 Å². The van der Waals surface area contributed by atoms with Crippen LogP contribution in [0.2, 0.25) is 0 Å². The predicted octanol–water partition coefficient (Wildman–Crippen LogP) is 2.35. The Morgan fingerprint density at radius 2 is 2.23 bits per heavy atom. The molecule has 5 heteroatoms. The predicted molar refractivity (Wildman–Crippen MR) is 46.5 cm³/mol. The molecule has 2 rings (SSSR count). The Balaban J connectivity index is 2.35. The lowest BCUT2D eigenvalue weighted by molar-refractivity contribution is 0.155. The van der Waals surface area contributed by atoms with Gasteiger partial charge < -0.3 is 4.52 Å². The van der Waals surface area contributed by atoms with Crippen LogP contribution in [0.1, 0.15) is 5.56 Å². The van der Waals surface area contributed by atoms with E-state index in [1.807, 2.05) is 18.2 Å². The van der Waals surface area contributed by atoms with E-state index in [0.717, 1.165) is 5.56 Å². The lowest BCUT2D eigenvalue weighted by Gasteiger charge is -2.23. The zero-order valence-electron chi connectivity index (χ0n) is 7.10. The summed E-state index contributed by atoms with van der Waals surface area (Å²) in [5, 5.41) is 0. The number of fused-ring (bicyclic) bond motifs is 1. The van der Waals surface area contributed by atoms with Gasteiger partial charge in [0.2, 0.25) is 0 Å². The molecule has 0 saturated heterocycles. The maximum absolute atomic E-state index is 11.5. The Bertz CT molecular complexity index is 363. The van der Waals surface area contributed by atoms with Crippen LogP contribution >= 0.6 is 7.82 Å². The van der Waals surface area contributed by atoms with Gasteiger partial charge in [-0.05, 0) is 6.07 Å². The standard InChI is InChI=1S/C8H9O4P/c1-10-13(9)11-6-7-4-2-3-5-8(7)12-13/h2-5H,6H2,1H3/t13-/m1/s1. The minimum absolute atomic E-state index is 0.265. The first-order valence-electron chi connectivity index (χ1n) is 3.81. The molecule has 1 aliphatic heterocycles. The number of hydrogen-bond donors (Lipinski definition) is 0. The van der Waals surface area contributed by atoms with Crippen LogP contribution in [-0.4, -0.2) is 7.11 Å². The Labute approximate surface area is 76.0 Å². The molecule has 70 valence electrons. The van der Waals surface area contributed by atoms with Gasteiger partial charge in [0.15, 0.2) is 0 Å². The molecule has 0 amide bonds. The van der Waals surface area contributed by atoms with E-state index in [4.69, 9.17) is 9.05 Å². The van der Waals surface area contributed by atoms with Crippen molar-refractivity contribution in [2.24, 2.45) is 0 Å². The van der Waals surface area contributed by atoms with Gasteiger partial charge in [-0.25, -0.2) is 4.57 Å². The molecule has 1 aromatic carbocycles. The van der Waals surface area contributed by atoms with Crippen LogP contribution in [0.5, 0.6) is 5.75 Å². The quantitative estimate of drug-likeness (QED) is 0.652. The molecule has 4 nitrogen and oxygen atoms in total. The average molecular weight is 200 g/mol. The molecule has 1 atom stereocenters. The SMILES string of the molecule is CO[P@]1(=O)OCc2ccccc2O1. The van der Waals surface area contributed by atoms with Crippen LogP contribution in [0.3, 0.4) is 0 Å². The molecule has 0 radical (unpaired) electrons. The second kappa shape index (κ2) is 3.14. The molecule has 0 saturated carbocycles. The lowest BCUT2D eigenvalue weighted by atomic mass is 10.2. The fourth-order valence-corrected chi connectivity index (χ4v) is 2.05. The van der Waals surface area contributed by atoms with Crippen molar-refractivity contribution in [3.8, 4) is 5.75 Å². The molecule has 0 aromatic heterocycles. The van der Waals surface area contributed by atoms with E-state index in [0.29, 0.717) is 5.75 Å². The number of phosphoric acid groups is 1. The Morgan fingerprint density at radius 3 is 3.00 bits per heavy atom. The van der Waals surface area contributed by atoms with Gasteiger partial charge in [-0.15, -0.1) is 0 Å². The minimum atomic E-state index is -3.33. The van der Waals surface area contributed by atoms with E-state index in [1.54, 1.807) is 6.07 Å². The van der Waals surface area contributed by atoms with Crippen LogP contribution < -0.4 is 4.52 Å². The van der Waals surface area contributed by atoms with Gasteiger partial charge in [0.1, 0.15) is 5.75 Å². The van der Waals surface area contributed by atoms with Gasteiger partial charge in [0, 0.05) is 12.7 Å². The summed E-state index contributed by atoms with van der Waals surface area (Å²) in [6.45, 7) is 0.265. The summed E-state index contributed by atoms with van der Waals surface area (Å²) in [6.07, 6.45) is 0. The summed E-state index contributed by atoms with van der Waals surface area (Å²) in [7, 11) is -2.03. The summed E-state index contributed by atoms with van der Waals surface area (Å²) < 4.78 is 26.2. The molecule has 1 aromatic rings. The first kappa shape index (κ1) is 8.75. The first-order chi connectivity index (χ1) is 6.23. The molecule has 0 N–H and O–H groups in total. The van der Waals surface area contributed by atoms with Crippen molar-refractivity contribution >= 4 is 7.82 Å². The fraction of sp³-hybridized carbons (Fsp3) is 0.250. The van der Waals surface area contributed by atoms with Crippen molar-refractivity contribution in [1.82, 2.24) is 0 Å². The number of phosphoric ester groups is 1. The van der Waals surface area contributed by atoms with Gasteiger partial charge in [-0.3, -0.25) is 9.05 Å². The van der Waals surface area contributed by atoms with Crippen LogP contribution in [0.15, 0.2) is 24.3 Å². The van der Waals surface area contributed by atoms with Crippen molar-refractivity contribution in [3.63, 3.8) is 0 Å². The molecule has 0 unspecified atom stereocenters. The van der Waals surface area contributed by atoms with Crippen molar-refractivity contribution in [1.29, 1.82) is 0 Å². The van der Waals surface area contributed by atoms with Crippen molar-refractivity contribution in [2.75, 3.05) is 7.11 Å². The minimum Gasteiger partial charge on any atom is -0.404 e. The maximum atomic E-state index is 11.5. The highest BCUT2D eigenvalue weighted by atomic mass is 31.2. The Hall–Kier alpha value is -0.830. The number of para-hydroxylation sites is 1. The summed E-state index contributed by atoms with van der Waals surface area (Å²) in [6, 6.07) is 7.27. The van der Waals surface area contributed by atoms with E-state index in [-0.39, 0.29) is 6.61 Å². The largest absolute Gasteiger partial charge is 0.530 e. The molecule has 1 aliphatic rings. The van der Waals surface area contributed by atoms with E-state index >= 15 is 0 Å². The van der Waals surface area contributed by atoms with E-state index < -0.39 is 7.82 Å². The molecule has 1 heterocycles. The van der Waals surface area contributed by atoms with Gasteiger partial charge in [-0.2, -0.15) is 0 Å². The smallest absolute Gasteiger partial charge is 0.404 e. The highest BCUT2D eigenvalue weighted by molar-refractivity contribution is 7.48. The molecular weight excluding hydrogens is 191 g/mol. The fourth-order valence-electron chi connectivity index (χ4n) is 1.10. The topological polar surface area (TPSA) is 44.8 Å². The van der Waals surface area contributed by atoms with Crippen LogP contribution in [0.25, 0.3) is 0 Å². The Kier molecular flexibility index (Phi) is 2.12. The van der Waals surface area contributed by atoms with Crippen LogP contribution in [0.4, 0.5) is 0 Å². The second-order valence-electron chi connectivity index (χ2n) is 2.60. The third kappa shape index (κ3) is 1.61. The second-order valence-corrected chi connectivity index (χ2v) is 4.30. The molecule has 0 fully saturated rings. The third-order valence-electron chi connectivity index (χ3n) is 1.78. The molecule has 13 heavy (non-hydrogen) atoms. The molecule has 0 aliphatic carbocycles. The monoisotopic (exact) mass is 200 g/mol. The number of benzene rings is 1. The maximum Gasteiger partial charge on any atom is 0.530 e. The highest BCUT2D eigenvalue weighted by Gasteiger charge is 2.32. The van der Waals surface area contributed by atoms with Gasteiger partial charge in [-0.1, -0.05) is 18.2 Å². The molecular formula is C8H9O4P. The first-order valence-corrected chi connectivity index (χ1v) is 5.27. The average Bonchev–Trinajstić information content (AvgIpc) is 2.18. The third-order valence-corrected chi connectivity index (χ3v) is 3.10. The number of rotatable bonds is 1. The van der Waals surface area contributed by atoms with Gasteiger partial charge in [0.25, 0.3) is 0 Å². The molecule has 0 bridgehead atoms. The van der Waals surface area contributed by atoms with Crippen molar-refractivity contribution in [3.05, 3.63) is 29.8 Å². The lowest BCUT2D eigenvalue weighted by Crippen LogP contribution is -2.07. The zero-order valence-corrected chi connectivity index (χ0v) is 7.99. The summed E-state index contributed by atoms with van der Waals surface area (Å²) in [5.41, 5.74) is 0.881. The Morgan fingerprint density at radius 1 is 1.46 bits per heavy atom. The normalized spacial score (nSPS) is 26.2. The summed E-state index contributed by atoms with van der Waals surface area (Å²) in [5.74, 6) is 0.568. The van der Waals surface area contributed by atoms with E-state index in [9.17, 15) is 4.57 Å². The number of hydrogen-bond acceptors (Lipinski definition) is 4. The molecule has 0 spiro atoms. The summed E-state index contributed by atoms with van der Waals surface area (Å²) >= 11 is 0. The van der Waals surface area contributed by atoms with E-state index in [2.05, 4.69) is 4.52 Å².